The van der Waals surface area contributed by atoms with Crippen LogP contribution in [0.5, 0.6) is 5.75 Å². The van der Waals surface area contributed by atoms with Gasteiger partial charge in [0.25, 0.3) is 0 Å². The summed E-state index contributed by atoms with van der Waals surface area (Å²) in [7, 11) is 2.11. The number of fused-ring (bicyclic) bond motifs is 4. The van der Waals surface area contributed by atoms with Crippen molar-refractivity contribution in [2.24, 2.45) is 4.99 Å². The van der Waals surface area contributed by atoms with Crippen molar-refractivity contribution in [2.45, 2.75) is 31.2 Å². The highest BCUT2D eigenvalue weighted by Gasteiger charge is 2.47. The Morgan fingerprint density at radius 1 is 1.47 bits per heavy atom. The molecule has 0 saturated carbocycles. The van der Waals surface area contributed by atoms with Crippen molar-refractivity contribution in [3.05, 3.63) is 29.3 Å². The molecule has 4 nitrogen and oxygen atoms in total. The number of piperidine rings is 1. The zero-order valence-corrected chi connectivity index (χ0v) is 11.4. The summed E-state index contributed by atoms with van der Waals surface area (Å²) in [5, 5.41) is 19.0. The van der Waals surface area contributed by atoms with Gasteiger partial charge in [-0.25, -0.2) is 0 Å². The third-order valence-corrected chi connectivity index (χ3v) is 4.72. The number of likely N-dealkylation sites (N-methyl/N-ethyl adjacent to an activating group) is 1. The summed E-state index contributed by atoms with van der Waals surface area (Å²) < 4.78 is 0. The fourth-order valence-corrected chi connectivity index (χ4v) is 3.61. The molecule has 1 heterocycles. The molecule has 4 heteroatoms. The van der Waals surface area contributed by atoms with Crippen LogP contribution in [0.4, 0.5) is 0 Å². The van der Waals surface area contributed by atoms with Crippen LogP contribution in [0.3, 0.4) is 0 Å². The number of nitrogens with zero attached hydrogens (tertiary/aromatic N) is 2. The summed E-state index contributed by atoms with van der Waals surface area (Å²) in [6, 6.07) is 5.91. The molecule has 1 saturated heterocycles. The molecule has 2 N–H and O–H groups in total. The summed E-state index contributed by atoms with van der Waals surface area (Å²) in [5.74, 6) is 0.306. The fourth-order valence-electron chi connectivity index (χ4n) is 3.61. The van der Waals surface area contributed by atoms with Gasteiger partial charge in [-0.05, 0) is 49.7 Å². The predicted molar refractivity (Wildman–Crippen MR) is 74.7 cm³/mol. The Morgan fingerprint density at radius 3 is 3.00 bits per heavy atom. The number of hydrogen-bond donors (Lipinski definition) is 2. The lowest BCUT2D eigenvalue weighted by atomic mass is 9.63. The van der Waals surface area contributed by atoms with Crippen molar-refractivity contribution in [1.82, 2.24) is 4.90 Å². The van der Waals surface area contributed by atoms with Crippen LogP contribution in [-0.4, -0.2) is 47.2 Å². The fraction of sp³-hybridized carbons (Fsp3) is 0.533. The standard InChI is InChI=1S/C15H20N2O2/c1-15-5-6-17(2)13(14(15)16-9-18)7-10-3-4-11(19)8-12(10)15/h3-4,8,13,18-19H,5-7,9H2,1-2H3/b16-14-. The van der Waals surface area contributed by atoms with E-state index in [2.05, 4.69) is 23.9 Å². The SMILES string of the molecule is CN1CCC2(C)/C(=N\CO)C1Cc1ccc(O)cc12. The Kier molecular flexibility index (Phi) is 2.87. The van der Waals surface area contributed by atoms with Crippen LogP contribution in [0.2, 0.25) is 0 Å². The van der Waals surface area contributed by atoms with E-state index in [4.69, 9.17) is 0 Å². The monoisotopic (exact) mass is 260 g/mol. The largest absolute Gasteiger partial charge is 0.508 e. The van der Waals surface area contributed by atoms with Crippen molar-refractivity contribution >= 4 is 5.71 Å². The Bertz CT molecular complexity index is 541. The average molecular weight is 260 g/mol. The summed E-state index contributed by atoms with van der Waals surface area (Å²) in [4.78, 5) is 6.68. The number of aliphatic hydroxyl groups is 1. The molecule has 2 bridgehead atoms. The molecule has 0 amide bonds. The van der Waals surface area contributed by atoms with Gasteiger partial charge in [-0.3, -0.25) is 9.89 Å². The first kappa shape index (κ1) is 12.6. The Morgan fingerprint density at radius 2 is 2.26 bits per heavy atom. The number of phenolic OH excluding ortho intramolecular Hbond substituents is 1. The lowest BCUT2D eigenvalue weighted by molar-refractivity contribution is 0.220. The number of aromatic hydroxyl groups is 1. The molecule has 102 valence electrons. The minimum Gasteiger partial charge on any atom is -0.508 e. The first-order valence-corrected chi connectivity index (χ1v) is 6.74. The Balaban J connectivity index is 2.20. The van der Waals surface area contributed by atoms with Crippen molar-refractivity contribution in [1.29, 1.82) is 0 Å². The van der Waals surface area contributed by atoms with Crippen LogP contribution in [0, 0.1) is 0 Å². The summed E-state index contributed by atoms with van der Waals surface area (Å²) >= 11 is 0. The second kappa shape index (κ2) is 4.32. The van der Waals surface area contributed by atoms with Gasteiger partial charge >= 0.3 is 0 Å². The van der Waals surface area contributed by atoms with Crippen molar-refractivity contribution < 1.29 is 10.2 Å². The van der Waals surface area contributed by atoms with Gasteiger partial charge in [0.05, 0.1) is 6.04 Å². The zero-order chi connectivity index (χ0) is 13.6. The van der Waals surface area contributed by atoms with Crippen LogP contribution in [0.15, 0.2) is 23.2 Å². The van der Waals surface area contributed by atoms with Gasteiger partial charge in [0, 0.05) is 11.1 Å². The number of aliphatic hydroxyl groups excluding tert-OH is 1. The lowest BCUT2D eigenvalue weighted by Gasteiger charge is -2.49. The molecule has 1 aliphatic heterocycles. The molecule has 1 fully saturated rings. The number of benzene rings is 1. The van der Waals surface area contributed by atoms with Crippen molar-refractivity contribution in [3.63, 3.8) is 0 Å². The van der Waals surface area contributed by atoms with E-state index in [1.54, 1.807) is 6.07 Å². The molecule has 3 rings (SSSR count). The van der Waals surface area contributed by atoms with Gasteiger partial charge in [0.15, 0.2) is 0 Å². The lowest BCUT2D eigenvalue weighted by Crippen LogP contribution is -2.58. The van der Waals surface area contributed by atoms with E-state index >= 15 is 0 Å². The minimum atomic E-state index is -0.163. The molecule has 1 aromatic rings. The molecule has 0 aromatic heterocycles. The molecule has 0 spiro atoms. The van der Waals surface area contributed by atoms with Gasteiger partial charge < -0.3 is 10.2 Å². The van der Waals surface area contributed by atoms with E-state index in [1.165, 1.54) is 11.1 Å². The quantitative estimate of drug-likeness (QED) is 0.800. The van der Waals surface area contributed by atoms with E-state index in [9.17, 15) is 10.2 Å². The number of likely N-dealkylation sites (tertiary alicyclic amines) is 1. The maximum Gasteiger partial charge on any atom is 0.134 e. The van der Waals surface area contributed by atoms with Crippen LogP contribution in [0.25, 0.3) is 0 Å². The van der Waals surface area contributed by atoms with Gasteiger partial charge in [0.2, 0.25) is 0 Å². The molecule has 1 aliphatic carbocycles. The Hall–Kier alpha value is -1.39. The zero-order valence-electron chi connectivity index (χ0n) is 11.4. The van der Waals surface area contributed by atoms with Crippen molar-refractivity contribution in [3.8, 4) is 5.75 Å². The highest BCUT2D eigenvalue weighted by molar-refractivity contribution is 6.01. The van der Waals surface area contributed by atoms with Crippen LogP contribution in [0.1, 0.15) is 24.5 Å². The molecule has 19 heavy (non-hydrogen) atoms. The number of hydrogen-bond acceptors (Lipinski definition) is 4. The first-order chi connectivity index (χ1) is 9.06. The second-order valence-electron chi connectivity index (χ2n) is 5.81. The van der Waals surface area contributed by atoms with E-state index in [0.717, 1.165) is 25.1 Å². The summed E-state index contributed by atoms with van der Waals surface area (Å²) in [6.07, 6.45) is 1.87. The number of rotatable bonds is 1. The maximum atomic E-state index is 9.77. The maximum absolute atomic E-state index is 9.77. The van der Waals surface area contributed by atoms with E-state index in [-0.39, 0.29) is 18.2 Å². The summed E-state index contributed by atoms with van der Waals surface area (Å²) in [6.45, 7) is 3.03. The average Bonchev–Trinajstić information content (AvgIpc) is 2.39. The van der Waals surface area contributed by atoms with E-state index < -0.39 is 0 Å². The van der Waals surface area contributed by atoms with Gasteiger partial charge in [0.1, 0.15) is 12.5 Å². The van der Waals surface area contributed by atoms with Crippen LogP contribution >= 0.6 is 0 Å². The second-order valence-corrected chi connectivity index (χ2v) is 5.81. The molecule has 0 radical (unpaired) electrons. The number of phenols is 1. The molecular formula is C15H20N2O2. The molecule has 2 atom stereocenters. The summed E-state index contributed by atoms with van der Waals surface area (Å²) in [5.41, 5.74) is 3.35. The highest BCUT2D eigenvalue weighted by atomic mass is 16.3. The molecule has 2 aliphatic rings. The van der Waals surface area contributed by atoms with Crippen LogP contribution < -0.4 is 0 Å². The molecule has 2 unspecified atom stereocenters. The minimum absolute atomic E-state index is 0.160. The molecule has 1 aromatic carbocycles. The van der Waals surface area contributed by atoms with Gasteiger partial charge in [-0.2, -0.15) is 0 Å². The van der Waals surface area contributed by atoms with Crippen molar-refractivity contribution in [2.75, 3.05) is 20.3 Å². The normalized spacial score (nSPS) is 32.4. The third kappa shape index (κ3) is 1.78. The van der Waals surface area contributed by atoms with E-state index in [1.807, 2.05) is 12.1 Å². The smallest absolute Gasteiger partial charge is 0.134 e. The highest BCUT2D eigenvalue weighted by Crippen LogP contribution is 2.43. The Labute approximate surface area is 113 Å². The predicted octanol–water partition coefficient (Wildman–Crippen LogP) is 1.30. The van der Waals surface area contributed by atoms with E-state index in [0.29, 0.717) is 5.75 Å². The third-order valence-electron chi connectivity index (χ3n) is 4.72. The van der Waals surface area contributed by atoms with Gasteiger partial charge in [-0.1, -0.05) is 13.0 Å². The first-order valence-electron chi connectivity index (χ1n) is 6.74. The number of aliphatic imine (C=N–C) groups is 1. The van der Waals surface area contributed by atoms with Crippen LogP contribution in [-0.2, 0) is 11.8 Å². The topological polar surface area (TPSA) is 56.1 Å². The van der Waals surface area contributed by atoms with Gasteiger partial charge in [-0.15, -0.1) is 0 Å². The molecular weight excluding hydrogens is 240 g/mol.